The zero-order valence-electron chi connectivity index (χ0n) is 5.91. The van der Waals surface area contributed by atoms with Crippen LogP contribution in [0.5, 0.6) is 0 Å². The predicted molar refractivity (Wildman–Crippen MR) is 37.6 cm³/mol. The molecule has 0 nitrogen and oxygen atoms in total. The van der Waals surface area contributed by atoms with Crippen molar-refractivity contribution in [3.63, 3.8) is 0 Å². The lowest BCUT2D eigenvalue weighted by Gasteiger charge is -1.88. The van der Waals surface area contributed by atoms with Gasteiger partial charge in [0, 0.05) is 0 Å². The van der Waals surface area contributed by atoms with Gasteiger partial charge in [-0.15, -0.1) is 0 Å². The molecule has 0 aliphatic rings. The van der Waals surface area contributed by atoms with Gasteiger partial charge in [0.15, 0.2) is 0 Å². The number of rotatable bonds is 4. The van der Waals surface area contributed by atoms with Crippen LogP contribution in [-0.2, 0) is 0 Å². The van der Waals surface area contributed by atoms with Crippen LogP contribution in [-0.4, -0.2) is 0 Å². The quantitative estimate of drug-likeness (QED) is 0.489. The van der Waals surface area contributed by atoms with Gasteiger partial charge in [-0.3, -0.25) is 0 Å². The van der Waals surface area contributed by atoms with Crippen molar-refractivity contribution in [1.82, 2.24) is 0 Å². The highest BCUT2D eigenvalue weighted by atomic mass is 13.8. The lowest BCUT2D eigenvalue weighted by Crippen LogP contribution is -1.69. The minimum Gasteiger partial charge on any atom is -0.0842 e. The Morgan fingerprint density at radius 1 is 1.38 bits per heavy atom. The van der Waals surface area contributed by atoms with Gasteiger partial charge in [-0.2, -0.15) is 0 Å². The maximum Gasteiger partial charge on any atom is -0.0280 e. The van der Waals surface area contributed by atoms with E-state index in [9.17, 15) is 0 Å². The summed E-state index contributed by atoms with van der Waals surface area (Å²) in [6.07, 6.45) is 10.3. The minimum absolute atomic E-state index is 1.14. The van der Waals surface area contributed by atoms with Crippen LogP contribution < -0.4 is 0 Å². The molecule has 0 saturated carbocycles. The van der Waals surface area contributed by atoms with Crippen LogP contribution in [0.15, 0.2) is 6.08 Å². The summed E-state index contributed by atoms with van der Waals surface area (Å²) in [4.78, 5) is 0. The Bertz CT molecular complexity index is 53.1. The Morgan fingerprint density at radius 3 is 2.62 bits per heavy atom. The van der Waals surface area contributed by atoms with Crippen LogP contribution in [0, 0.1) is 6.08 Å². The molecule has 0 aromatic carbocycles. The minimum atomic E-state index is 1.14. The molecule has 8 heavy (non-hydrogen) atoms. The molecule has 0 aliphatic heterocycles. The van der Waals surface area contributed by atoms with E-state index in [0.717, 1.165) is 6.42 Å². The first kappa shape index (κ1) is 7.74. The van der Waals surface area contributed by atoms with E-state index in [4.69, 9.17) is 0 Å². The normalized spacial score (nSPS) is 10.8. The van der Waals surface area contributed by atoms with Crippen molar-refractivity contribution < 1.29 is 0 Å². The number of allylic oxidation sites excluding steroid dienone is 2. The number of hydrogen-bond acceptors (Lipinski definition) is 0. The highest BCUT2D eigenvalue weighted by Gasteiger charge is 1.79. The molecule has 0 saturated heterocycles. The van der Waals surface area contributed by atoms with Crippen LogP contribution in [0.25, 0.3) is 0 Å². The van der Waals surface area contributed by atoms with Gasteiger partial charge in [0.05, 0.1) is 0 Å². The highest BCUT2D eigenvalue weighted by Crippen LogP contribution is 1.97. The molecular formula is C8H15. The van der Waals surface area contributed by atoms with Crippen molar-refractivity contribution >= 4 is 0 Å². The molecule has 0 fully saturated rings. The predicted octanol–water partition coefficient (Wildman–Crippen LogP) is 2.95. The molecular weight excluding hydrogens is 96.1 g/mol. The lowest BCUT2D eigenvalue weighted by molar-refractivity contribution is 0.722. The molecule has 0 aliphatic carbocycles. The van der Waals surface area contributed by atoms with E-state index < -0.39 is 0 Å². The van der Waals surface area contributed by atoms with E-state index in [1.54, 1.807) is 0 Å². The molecule has 47 valence electrons. The third kappa shape index (κ3) is 5.74. The third-order valence-electron chi connectivity index (χ3n) is 1.13. The maximum absolute atomic E-state index is 3.16. The zero-order valence-corrected chi connectivity index (χ0v) is 5.91. The van der Waals surface area contributed by atoms with E-state index in [1.807, 2.05) is 13.0 Å². The van der Waals surface area contributed by atoms with Crippen LogP contribution in [0.4, 0.5) is 0 Å². The average Bonchev–Trinajstić information content (AvgIpc) is 1.81. The zero-order chi connectivity index (χ0) is 6.24. The summed E-state index contributed by atoms with van der Waals surface area (Å²) < 4.78 is 0. The molecule has 0 amide bonds. The van der Waals surface area contributed by atoms with Gasteiger partial charge < -0.3 is 0 Å². The van der Waals surface area contributed by atoms with Gasteiger partial charge in [-0.25, -0.2) is 0 Å². The number of hydrogen-bond donors (Lipinski definition) is 0. The van der Waals surface area contributed by atoms with Gasteiger partial charge >= 0.3 is 0 Å². The van der Waals surface area contributed by atoms with E-state index in [1.165, 1.54) is 19.3 Å². The fraction of sp³-hybridized carbons (Fsp3) is 0.750. The average molecular weight is 111 g/mol. The first-order valence-electron chi connectivity index (χ1n) is 3.43. The Morgan fingerprint density at radius 2 is 2.12 bits per heavy atom. The van der Waals surface area contributed by atoms with Crippen LogP contribution >= 0.6 is 0 Å². The summed E-state index contributed by atoms with van der Waals surface area (Å²) in [5, 5.41) is 0. The molecule has 0 N–H and O–H groups in total. The van der Waals surface area contributed by atoms with Crippen molar-refractivity contribution in [2.75, 3.05) is 0 Å². The van der Waals surface area contributed by atoms with Crippen molar-refractivity contribution in [2.45, 2.75) is 39.5 Å². The van der Waals surface area contributed by atoms with Gasteiger partial charge in [-0.05, 0) is 25.8 Å². The summed E-state index contributed by atoms with van der Waals surface area (Å²) in [6.45, 7) is 4.24. The smallest absolute Gasteiger partial charge is 0.0280 e. The molecule has 0 aromatic heterocycles. The van der Waals surface area contributed by atoms with E-state index in [2.05, 4.69) is 13.0 Å². The summed E-state index contributed by atoms with van der Waals surface area (Å²) in [5.74, 6) is 0. The standard InChI is InChI=1S/C8H15/c1-3-5-7-8-6-4-2/h3H,4,6-8H2,1-2H3. The highest BCUT2D eigenvalue weighted by molar-refractivity contribution is 4.66. The molecule has 1 radical (unpaired) electrons. The second kappa shape index (κ2) is 6.74. The summed E-state index contributed by atoms with van der Waals surface area (Å²) in [6, 6.07) is 0. The third-order valence-corrected chi connectivity index (χ3v) is 1.13. The molecule has 0 aromatic rings. The molecule has 0 spiro atoms. The van der Waals surface area contributed by atoms with E-state index in [-0.39, 0.29) is 0 Å². The fourth-order valence-corrected chi connectivity index (χ4v) is 0.621. The fourth-order valence-electron chi connectivity index (χ4n) is 0.621. The first-order valence-corrected chi connectivity index (χ1v) is 3.43. The van der Waals surface area contributed by atoms with Gasteiger partial charge in [-0.1, -0.05) is 25.8 Å². The van der Waals surface area contributed by atoms with Crippen molar-refractivity contribution in [1.29, 1.82) is 0 Å². The van der Waals surface area contributed by atoms with Crippen molar-refractivity contribution in [3.05, 3.63) is 12.2 Å². The largest absolute Gasteiger partial charge is 0.0842 e. The number of unbranched alkanes of at least 4 members (excludes halogenated alkanes) is 3. The molecule has 0 heterocycles. The molecule has 0 heteroatoms. The van der Waals surface area contributed by atoms with Crippen molar-refractivity contribution in [3.8, 4) is 0 Å². The van der Waals surface area contributed by atoms with Crippen LogP contribution in [0.1, 0.15) is 39.5 Å². The summed E-state index contributed by atoms with van der Waals surface area (Å²) in [5.41, 5.74) is 0. The maximum atomic E-state index is 3.16. The molecule has 0 rings (SSSR count). The SMILES string of the molecule is C/C=[C]/CCCCC. The molecule has 0 bridgehead atoms. The Balaban J connectivity index is 2.72. The Labute approximate surface area is 52.6 Å². The first-order chi connectivity index (χ1) is 3.91. The van der Waals surface area contributed by atoms with E-state index >= 15 is 0 Å². The van der Waals surface area contributed by atoms with Gasteiger partial charge in [0.1, 0.15) is 0 Å². The lowest BCUT2D eigenvalue weighted by atomic mass is 10.2. The molecule has 0 atom stereocenters. The Kier molecular flexibility index (Phi) is 6.52. The van der Waals surface area contributed by atoms with Gasteiger partial charge in [0.2, 0.25) is 0 Å². The summed E-state index contributed by atoms with van der Waals surface area (Å²) in [7, 11) is 0. The Hall–Kier alpha value is -0.260. The van der Waals surface area contributed by atoms with Crippen LogP contribution in [0.3, 0.4) is 0 Å². The second-order valence-electron chi connectivity index (χ2n) is 1.95. The van der Waals surface area contributed by atoms with Crippen LogP contribution in [0.2, 0.25) is 0 Å². The topological polar surface area (TPSA) is 0 Å². The van der Waals surface area contributed by atoms with Crippen molar-refractivity contribution in [2.24, 2.45) is 0 Å². The second-order valence-corrected chi connectivity index (χ2v) is 1.95. The van der Waals surface area contributed by atoms with Gasteiger partial charge in [0.25, 0.3) is 0 Å². The summed E-state index contributed by atoms with van der Waals surface area (Å²) >= 11 is 0. The monoisotopic (exact) mass is 111 g/mol. The molecule has 0 unspecified atom stereocenters. The van der Waals surface area contributed by atoms with E-state index in [0.29, 0.717) is 0 Å².